The summed E-state index contributed by atoms with van der Waals surface area (Å²) in [6.07, 6.45) is 3.82. The van der Waals surface area contributed by atoms with E-state index in [1.807, 2.05) is 12.1 Å². The Balaban J connectivity index is 1.66. The maximum Gasteiger partial charge on any atom is 0.410 e. The molecule has 7 heteroatoms. The van der Waals surface area contributed by atoms with Crippen LogP contribution in [0.5, 0.6) is 5.75 Å². The molecule has 4 rings (SSSR count). The first-order valence-electron chi connectivity index (χ1n) is 11.4. The minimum absolute atomic E-state index is 0.0387. The van der Waals surface area contributed by atoms with Crippen molar-refractivity contribution < 1.29 is 19.4 Å². The molecular formula is C24H33Cl2NO4. The van der Waals surface area contributed by atoms with Crippen molar-refractivity contribution in [1.82, 2.24) is 4.90 Å². The molecule has 31 heavy (non-hydrogen) atoms. The topological polar surface area (TPSA) is 59.0 Å². The van der Waals surface area contributed by atoms with Gasteiger partial charge in [0.1, 0.15) is 11.9 Å². The van der Waals surface area contributed by atoms with E-state index in [9.17, 15) is 9.90 Å². The van der Waals surface area contributed by atoms with Crippen molar-refractivity contribution in [1.29, 1.82) is 0 Å². The monoisotopic (exact) mass is 469 g/mol. The van der Waals surface area contributed by atoms with Crippen molar-refractivity contribution in [2.75, 3.05) is 32.0 Å². The Hall–Kier alpha value is -1.17. The van der Waals surface area contributed by atoms with Crippen LogP contribution in [0.15, 0.2) is 18.2 Å². The molecule has 1 aromatic rings. The predicted octanol–water partition coefficient (Wildman–Crippen LogP) is 5.33. The van der Waals surface area contributed by atoms with Crippen LogP contribution in [0, 0.1) is 17.3 Å². The van der Waals surface area contributed by atoms with E-state index in [2.05, 4.69) is 13.0 Å². The quantitative estimate of drug-likeness (QED) is 0.572. The molecule has 172 valence electrons. The third kappa shape index (κ3) is 4.14. The number of aliphatic hydroxyl groups is 1. The summed E-state index contributed by atoms with van der Waals surface area (Å²) >= 11 is 11.8. The highest BCUT2D eigenvalue weighted by atomic mass is 35.5. The molecule has 0 bridgehead atoms. The number of ether oxygens (including phenoxy) is 2. The Bertz CT molecular complexity index is 800. The van der Waals surface area contributed by atoms with Crippen LogP contribution in [0.2, 0.25) is 0 Å². The number of hydrogen-bond acceptors (Lipinski definition) is 4. The minimum atomic E-state index is -0.372. The fourth-order valence-corrected chi connectivity index (χ4v) is 6.86. The molecule has 0 spiro atoms. The van der Waals surface area contributed by atoms with E-state index >= 15 is 0 Å². The van der Waals surface area contributed by atoms with E-state index in [0.717, 1.165) is 43.4 Å². The number of nitrogens with zero attached hydrogens (tertiary/aromatic N) is 1. The largest absolute Gasteiger partial charge is 0.497 e. The number of aliphatic hydroxyl groups excluding tert-OH is 1. The molecule has 0 heterocycles. The number of methoxy groups -OCH3 is 1. The molecule has 2 fully saturated rings. The van der Waals surface area contributed by atoms with Gasteiger partial charge in [-0.1, -0.05) is 13.0 Å². The highest BCUT2D eigenvalue weighted by Crippen LogP contribution is 2.62. The van der Waals surface area contributed by atoms with Crippen molar-refractivity contribution in [3.05, 3.63) is 29.3 Å². The predicted molar refractivity (Wildman–Crippen MR) is 122 cm³/mol. The summed E-state index contributed by atoms with van der Waals surface area (Å²) in [5, 5.41) is 10.7. The number of carbonyl (C=O) groups excluding carboxylic acids is 1. The molecule has 3 aliphatic carbocycles. The van der Waals surface area contributed by atoms with Gasteiger partial charge < -0.3 is 19.5 Å². The van der Waals surface area contributed by atoms with Crippen LogP contribution >= 0.6 is 23.2 Å². The van der Waals surface area contributed by atoms with Gasteiger partial charge in [0.25, 0.3) is 0 Å². The van der Waals surface area contributed by atoms with Crippen LogP contribution in [-0.2, 0) is 4.74 Å². The second-order valence-corrected chi connectivity index (χ2v) is 10.2. The Morgan fingerprint density at radius 2 is 1.94 bits per heavy atom. The summed E-state index contributed by atoms with van der Waals surface area (Å²) < 4.78 is 11.6. The van der Waals surface area contributed by atoms with Crippen molar-refractivity contribution in [2.24, 2.45) is 17.3 Å². The normalized spacial score (nSPS) is 33.8. The van der Waals surface area contributed by atoms with Gasteiger partial charge in [-0.2, -0.15) is 0 Å². The number of amides is 1. The molecule has 0 aromatic heterocycles. The van der Waals surface area contributed by atoms with Gasteiger partial charge in [0.15, 0.2) is 0 Å². The number of hydrogen-bond donors (Lipinski definition) is 1. The summed E-state index contributed by atoms with van der Waals surface area (Å²) in [4.78, 5) is 14.6. The van der Waals surface area contributed by atoms with Crippen LogP contribution < -0.4 is 4.74 Å². The molecule has 1 aromatic carbocycles. The second-order valence-electron chi connectivity index (χ2n) is 9.48. The molecule has 0 aliphatic heterocycles. The maximum atomic E-state index is 13.0. The van der Waals surface area contributed by atoms with Crippen LogP contribution in [0.3, 0.4) is 0 Å². The highest BCUT2D eigenvalue weighted by molar-refractivity contribution is 6.18. The summed E-state index contributed by atoms with van der Waals surface area (Å²) in [5.74, 6) is 2.71. The van der Waals surface area contributed by atoms with Gasteiger partial charge in [-0.05, 0) is 78.5 Å². The fourth-order valence-electron chi connectivity index (χ4n) is 6.45. The van der Waals surface area contributed by atoms with Crippen LogP contribution in [-0.4, -0.2) is 54.2 Å². The smallest absolute Gasteiger partial charge is 0.410 e. The molecule has 6 unspecified atom stereocenters. The van der Waals surface area contributed by atoms with Crippen molar-refractivity contribution in [3.63, 3.8) is 0 Å². The van der Waals surface area contributed by atoms with E-state index in [4.69, 9.17) is 32.7 Å². The zero-order chi connectivity index (χ0) is 22.2. The lowest BCUT2D eigenvalue weighted by Gasteiger charge is -2.51. The summed E-state index contributed by atoms with van der Waals surface area (Å²) in [7, 11) is 1.66. The number of rotatable bonds is 6. The first kappa shape index (κ1) is 23.0. The van der Waals surface area contributed by atoms with Gasteiger partial charge in [0.05, 0.1) is 13.2 Å². The van der Waals surface area contributed by atoms with Crippen molar-refractivity contribution in [2.45, 2.75) is 57.2 Å². The lowest BCUT2D eigenvalue weighted by Crippen LogP contribution is -2.45. The SMILES string of the molecule is COc1ccc2c(c1)C(OC(=O)N(CCCl)CCCl)CC1C2CCC2(C)C(O)CCC12. The minimum Gasteiger partial charge on any atom is -0.497 e. The van der Waals surface area contributed by atoms with E-state index in [-0.39, 0.29) is 23.7 Å². The fraction of sp³-hybridized carbons (Fsp3) is 0.708. The van der Waals surface area contributed by atoms with Gasteiger partial charge in [0, 0.05) is 24.8 Å². The molecular weight excluding hydrogens is 437 g/mol. The average molecular weight is 470 g/mol. The Morgan fingerprint density at radius 1 is 1.19 bits per heavy atom. The van der Waals surface area contributed by atoms with E-state index in [1.165, 1.54) is 5.56 Å². The number of benzene rings is 1. The Morgan fingerprint density at radius 3 is 2.61 bits per heavy atom. The Labute approximate surface area is 195 Å². The molecule has 0 radical (unpaired) electrons. The molecule has 1 N–H and O–H groups in total. The lowest BCUT2D eigenvalue weighted by atomic mass is 9.55. The number of halogens is 2. The van der Waals surface area contributed by atoms with Crippen LogP contribution in [0.25, 0.3) is 0 Å². The van der Waals surface area contributed by atoms with Crippen LogP contribution in [0.4, 0.5) is 4.79 Å². The van der Waals surface area contributed by atoms with Crippen molar-refractivity contribution in [3.8, 4) is 5.75 Å². The zero-order valence-corrected chi connectivity index (χ0v) is 19.9. The first-order valence-corrected chi connectivity index (χ1v) is 12.4. The highest BCUT2D eigenvalue weighted by Gasteiger charge is 2.55. The van der Waals surface area contributed by atoms with Gasteiger partial charge in [-0.15, -0.1) is 23.2 Å². The number of carbonyl (C=O) groups is 1. The van der Waals surface area contributed by atoms with Crippen LogP contribution in [0.1, 0.15) is 62.2 Å². The molecule has 6 atom stereocenters. The van der Waals surface area contributed by atoms with Gasteiger partial charge in [-0.25, -0.2) is 4.79 Å². The van der Waals surface area contributed by atoms with E-state index in [0.29, 0.717) is 42.6 Å². The third-order valence-electron chi connectivity index (χ3n) is 8.12. The van der Waals surface area contributed by atoms with Gasteiger partial charge in [-0.3, -0.25) is 0 Å². The van der Waals surface area contributed by atoms with Gasteiger partial charge >= 0.3 is 6.09 Å². The second kappa shape index (κ2) is 9.36. The lowest BCUT2D eigenvalue weighted by molar-refractivity contribution is -0.0417. The average Bonchev–Trinajstić information content (AvgIpc) is 3.08. The van der Waals surface area contributed by atoms with Crippen molar-refractivity contribution >= 4 is 29.3 Å². The molecule has 2 saturated carbocycles. The number of alkyl halides is 2. The summed E-state index contributed by atoms with van der Waals surface area (Å²) in [6, 6.07) is 6.17. The van der Waals surface area contributed by atoms with Gasteiger partial charge in [0.2, 0.25) is 0 Å². The number of fused-ring (bicyclic) bond motifs is 5. The van der Waals surface area contributed by atoms with E-state index < -0.39 is 0 Å². The molecule has 3 aliphatic rings. The Kier molecular flexibility index (Phi) is 6.95. The molecule has 0 saturated heterocycles. The summed E-state index contributed by atoms with van der Waals surface area (Å²) in [6.45, 7) is 3.06. The molecule has 1 amide bonds. The summed E-state index contributed by atoms with van der Waals surface area (Å²) in [5.41, 5.74) is 2.27. The first-order chi connectivity index (χ1) is 14.9. The third-order valence-corrected chi connectivity index (χ3v) is 8.46. The van der Waals surface area contributed by atoms with E-state index in [1.54, 1.807) is 12.0 Å². The molecule has 5 nitrogen and oxygen atoms in total. The standard InChI is InChI=1S/C24H33Cl2NO4/c1-24-8-7-17-16-4-3-15(30-2)13-19(16)21(14-18(17)20(24)5-6-22(24)28)31-23(29)27(11-9-25)12-10-26/h3-4,13,17-18,20-22,28H,5-12,14H2,1-2H3. The maximum absolute atomic E-state index is 13.0. The zero-order valence-electron chi connectivity index (χ0n) is 18.4.